The van der Waals surface area contributed by atoms with Gasteiger partial charge in [0.05, 0.1) is 0 Å². The highest BCUT2D eigenvalue weighted by atomic mass is 35.5. The van der Waals surface area contributed by atoms with Crippen molar-refractivity contribution in [3.8, 4) is 0 Å². The van der Waals surface area contributed by atoms with Crippen LogP contribution in [0.3, 0.4) is 0 Å². The second-order valence-electron chi connectivity index (χ2n) is 1.76. The van der Waals surface area contributed by atoms with Gasteiger partial charge in [0.15, 0.2) is 0 Å². The maximum absolute atomic E-state index is 10.5. The molecule has 10 heavy (non-hydrogen) atoms. The number of halogens is 1. The molecular weight excluding hydrogens is 156 g/mol. The summed E-state index contributed by atoms with van der Waals surface area (Å²) >= 11 is 5.30. The Kier molecular flexibility index (Phi) is 4.03. The molecule has 0 aromatic carbocycles. The number of hydrogen-bond acceptors (Lipinski definition) is 3. The molecule has 0 aromatic rings. The largest absolute Gasteiger partial charge is 0.392 e. The molecule has 0 saturated heterocycles. The van der Waals surface area contributed by atoms with Gasteiger partial charge in [0.25, 0.3) is 0 Å². The third-order valence-electron chi connectivity index (χ3n) is 0.828. The monoisotopic (exact) mass is 164 g/mol. The molecule has 1 unspecified atom stereocenters. The average Bonchev–Trinajstić information content (AvgIpc) is 1.87. The first-order valence-electron chi connectivity index (χ1n) is 2.96. The first-order valence-corrected chi connectivity index (χ1v) is 3.40. The van der Waals surface area contributed by atoms with E-state index in [9.17, 15) is 9.59 Å². The molecule has 1 atom stereocenters. The second kappa shape index (κ2) is 4.28. The number of ether oxygens (including phenoxy) is 1. The molecule has 4 heteroatoms. The van der Waals surface area contributed by atoms with Crippen LogP contribution in [0.4, 0.5) is 0 Å². The van der Waals surface area contributed by atoms with Crippen LogP contribution in [0.15, 0.2) is 0 Å². The smallest absolute Gasteiger partial charge is 0.331 e. The van der Waals surface area contributed by atoms with Crippen LogP contribution in [0.2, 0.25) is 0 Å². The Morgan fingerprint density at radius 3 is 2.40 bits per heavy atom. The lowest BCUT2D eigenvalue weighted by Crippen LogP contribution is -2.18. The van der Waals surface area contributed by atoms with Crippen LogP contribution in [0.25, 0.3) is 0 Å². The molecule has 0 fully saturated rings. The first kappa shape index (κ1) is 9.43. The molecule has 0 N–H and O–H groups in total. The van der Waals surface area contributed by atoms with Crippen molar-refractivity contribution in [2.24, 2.45) is 0 Å². The van der Waals surface area contributed by atoms with E-state index in [0.29, 0.717) is 0 Å². The highest BCUT2D eigenvalue weighted by Crippen LogP contribution is 1.97. The Bertz CT molecular complexity index is 142. The molecule has 0 saturated carbocycles. The number of hydrogen-bond donors (Lipinski definition) is 0. The van der Waals surface area contributed by atoms with Crippen LogP contribution in [-0.4, -0.2) is 17.3 Å². The fraction of sp³-hybridized carbons (Fsp3) is 0.667. The molecule has 0 rings (SSSR count). The average molecular weight is 165 g/mol. The zero-order chi connectivity index (χ0) is 8.15. The fourth-order valence-corrected chi connectivity index (χ4v) is 0.310. The second-order valence-corrected chi connectivity index (χ2v) is 2.42. The van der Waals surface area contributed by atoms with E-state index in [1.54, 1.807) is 6.92 Å². The van der Waals surface area contributed by atoms with Gasteiger partial charge in [-0.05, 0) is 6.92 Å². The zero-order valence-corrected chi connectivity index (χ0v) is 6.64. The summed E-state index contributed by atoms with van der Waals surface area (Å²) in [6.07, 6.45) is 0.190. The minimum absolute atomic E-state index is 0.190. The summed E-state index contributed by atoms with van der Waals surface area (Å²) in [7, 11) is 0. The van der Waals surface area contributed by atoms with Crippen molar-refractivity contribution in [2.45, 2.75) is 25.6 Å². The third-order valence-corrected chi connectivity index (χ3v) is 1.01. The quantitative estimate of drug-likeness (QED) is 0.349. The third kappa shape index (κ3) is 3.45. The lowest BCUT2D eigenvalue weighted by molar-refractivity contribution is -0.158. The van der Waals surface area contributed by atoms with Crippen LogP contribution in [0.5, 0.6) is 0 Å². The van der Waals surface area contributed by atoms with E-state index in [2.05, 4.69) is 4.74 Å². The molecule has 0 aromatic heterocycles. The van der Waals surface area contributed by atoms with Crippen LogP contribution >= 0.6 is 11.6 Å². The zero-order valence-electron chi connectivity index (χ0n) is 5.89. The van der Waals surface area contributed by atoms with E-state index >= 15 is 0 Å². The van der Waals surface area contributed by atoms with Gasteiger partial charge in [0.2, 0.25) is 0 Å². The summed E-state index contributed by atoms with van der Waals surface area (Å²) in [6, 6.07) is 0. The molecule has 0 aliphatic carbocycles. The summed E-state index contributed by atoms with van der Waals surface area (Å²) in [5, 5.41) is -0.754. The summed E-state index contributed by atoms with van der Waals surface area (Å²) in [4.78, 5) is 21.0. The predicted octanol–water partition coefficient (Wildman–Crippen LogP) is 1.09. The number of carbonyl (C=O) groups excluding carboxylic acids is 2. The number of carbonyl (C=O) groups is 2. The molecule has 0 amide bonds. The van der Waals surface area contributed by atoms with Crippen molar-refractivity contribution < 1.29 is 14.3 Å². The molecule has 0 radical (unpaired) electrons. The number of rotatable bonds is 2. The molecule has 0 spiro atoms. The number of alkyl halides is 1. The summed E-state index contributed by atoms with van der Waals surface area (Å²) < 4.78 is 4.25. The van der Waals surface area contributed by atoms with Gasteiger partial charge < -0.3 is 4.74 Å². The van der Waals surface area contributed by atoms with E-state index < -0.39 is 17.3 Å². The Balaban J connectivity index is 3.69. The van der Waals surface area contributed by atoms with Crippen molar-refractivity contribution in [1.29, 1.82) is 0 Å². The Labute approximate surface area is 64.3 Å². The molecule has 58 valence electrons. The standard InChI is InChI=1S/C6H9ClO3/c1-3-5(8)10-6(9)4(2)7/h4H,3H2,1-2H3. The van der Waals surface area contributed by atoms with Crippen molar-refractivity contribution in [2.75, 3.05) is 0 Å². The maximum Gasteiger partial charge on any atom is 0.331 e. The van der Waals surface area contributed by atoms with E-state index in [1.807, 2.05) is 0 Å². The topological polar surface area (TPSA) is 43.4 Å². The van der Waals surface area contributed by atoms with Gasteiger partial charge >= 0.3 is 11.9 Å². The van der Waals surface area contributed by atoms with Crippen molar-refractivity contribution >= 4 is 23.5 Å². The van der Waals surface area contributed by atoms with Crippen LogP contribution in [-0.2, 0) is 14.3 Å². The number of esters is 2. The van der Waals surface area contributed by atoms with Gasteiger partial charge in [0.1, 0.15) is 5.38 Å². The van der Waals surface area contributed by atoms with E-state index in [0.717, 1.165) is 0 Å². The van der Waals surface area contributed by atoms with Gasteiger partial charge in [-0.3, -0.25) is 4.79 Å². The van der Waals surface area contributed by atoms with Crippen LogP contribution in [0, 0.1) is 0 Å². The van der Waals surface area contributed by atoms with Gasteiger partial charge in [-0.25, -0.2) is 4.79 Å². The molecular formula is C6H9ClO3. The molecule has 0 aliphatic heterocycles. The van der Waals surface area contributed by atoms with E-state index in [1.165, 1.54) is 6.92 Å². The van der Waals surface area contributed by atoms with E-state index in [-0.39, 0.29) is 6.42 Å². The molecule has 0 bridgehead atoms. The van der Waals surface area contributed by atoms with Crippen molar-refractivity contribution in [1.82, 2.24) is 0 Å². The van der Waals surface area contributed by atoms with Crippen molar-refractivity contribution in [3.63, 3.8) is 0 Å². The van der Waals surface area contributed by atoms with Gasteiger partial charge in [0, 0.05) is 6.42 Å². The van der Waals surface area contributed by atoms with E-state index in [4.69, 9.17) is 11.6 Å². The Hall–Kier alpha value is -0.570. The summed E-state index contributed by atoms with van der Waals surface area (Å²) in [6.45, 7) is 3.06. The van der Waals surface area contributed by atoms with Crippen LogP contribution in [0.1, 0.15) is 20.3 Å². The van der Waals surface area contributed by atoms with Crippen LogP contribution < -0.4 is 0 Å². The summed E-state index contributed by atoms with van der Waals surface area (Å²) in [5.74, 6) is -1.23. The highest BCUT2D eigenvalue weighted by Gasteiger charge is 2.13. The molecule has 3 nitrogen and oxygen atoms in total. The summed E-state index contributed by atoms with van der Waals surface area (Å²) in [5.41, 5.74) is 0. The minimum atomic E-state index is -0.754. The maximum atomic E-state index is 10.5. The lowest BCUT2D eigenvalue weighted by Gasteiger charge is -2.00. The SMILES string of the molecule is CCC(=O)OC(=O)C(C)Cl. The minimum Gasteiger partial charge on any atom is -0.392 e. The Morgan fingerprint density at radius 2 is 2.10 bits per heavy atom. The molecule has 0 heterocycles. The molecule has 0 aliphatic rings. The first-order chi connectivity index (χ1) is 4.57. The van der Waals surface area contributed by atoms with Crippen molar-refractivity contribution in [3.05, 3.63) is 0 Å². The normalized spacial score (nSPS) is 12.3. The van der Waals surface area contributed by atoms with Gasteiger partial charge in [-0.1, -0.05) is 6.92 Å². The fourth-order valence-electron chi connectivity index (χ4n) is 0.266. The van der Waals surface area contributed by atoms with Gasteiger partial charge in [-0.15, -0.1) is 11.6 Å². The highest BCUT2D eigenvalue weighted by molar-refractivity contribution is 6.30. The predicted molar refractivity (Wildman–Crippen MR) is 36.7 cm³/mol. The van der Waals surface area contributed by atoms with Gasteiger partial charge in [-0.2, -0.15) is 0 Å². The lowest BCUT2D eigenvalue weighted by atomic mass is 10.4. The Morgan fingerprint density at radius 1 is 1.60 bits per heavy atom.